The van der Waals surface area contributed by atoms with Gasteiger partial charge >= 0.3 is 0 Å². The van der Waals surface area contributed by atoms with Crippen LogP contribution in [-0.4, -0.2) is 18.4 Å². The van der Waals surface area contributed by atoms with Crippen molar-refractivity contribution in [1.29, 1.82) is 0 Å². The van der Waals surface area contributed by atoms with Crippen LogP contribution in [0.4, 0.5) is 11.4 Å². The summed E-state index contributed by atoms with van der Waals surface area (Å²) in [5.41, 5.74) is 2.35. The Labute approximate surface area is 196 Å². The second-order valence-electron chi connectivity index (χ2n) is 7.10. The Balaban J connectivity index is 1.76. The van der Waals surface area contributed by atoms with E-state index in [1.54, 1.807) is 24.3 Å². The predicted molar refractivity (Wildman–Crippen MR) is 129 cm³/mol. The number of benzene rings is 3. The number of hydrogen-bond acceptors (Lipinski definition) is 5. The lowest BCUT2D eigenvalue weighted by Crippen LogP contribution is -2.32. The third-order valence-electron chi connectivity index (χ3n) is 4.80. The van der Waals surface area contributed by atoms with Gasteiger partial charge in [0.15, 0.2) is 0 Å². The molecule has 0 saturated heterocycles. The maximum absolute atomic E-state index is 13.4. The van der Waals surface area contributed by atoms with Gasteiger partial charge in [0.1, 0.15) is 16.4 Å². The topological polar surface area (TPSA) is 58.6 Å². The van der Waals surface area contributed by atoms with Crippen molar-refractivity contribution in [3.8, 4) is 5.75 Å². The molecule has 0 unspecified atom stereocenters. The van der Waals surface area contributed by atoms with Crippen molar-refractivity contribution in [2.75, 3.05) is 16.8 Å². The number of para-hydroxylation sites is 2. The highest BCUT2D eigenvalue weighted by molar-refractivity contribution is 8.04. The molecule has 0 fully saturated rings. The Hall–Kier alpha value is -3.22. The summed E-state index contributed by atoms with van der Waals surface area (Å²) < 4.78 is 5.68. The highest BCUT2D eigenvalue weighted by Crippen LogP contribution is 2.39. The normalized spacial score (nSPS) is 13.7. The molecule has 2 amide bonds. The van der Waals surface area contributed by atoms with Gasteiger partial charge in [-0.25, -0.2) is 4.90 Å². The predicted octanol–water partition coefficient (Wildman–Crippen LogP) is 6.04. The number of hydrogen-bond donors (Lipinski definition) is 1. The first-order chi connectivity index (χ1) is 15.5. The average Bonchev–Trinajstić information content (AvgIpc) is 3.00. The van der Waals surface area contributed by atoms with Gasteiger partial charge in [-0.3, -0.25) is 9.59 Å². The molecule has 0 bridgehead atoms. The summed E-state index contributed by atoms with van der Waals surface area (Å²) in [5.74, 6) is -0.249. The van der Waals surface area contributed by atoms with Crippen LogP contribution < -0.4 is 15.0 Å². The van der Waals surface area contributed by atoms with Crippen molar-refractivity contribution < 1.29 is 14.3 Å². The molecule has 1 N–H and O–H groups in total. The maximum Gasteiger partial charge on any atom is 0.283 e. The lowest BCUT2D eigenvalue weighted by molar-refractivity contribution is -0.120. The Kier molecular flexibility index (Phi) is 6.53. The van der Waals surface area contributed by atoms with Crippen molar-refractivity contribution in [3.05, 3.63) is 94.0 Å². The van der Waals surface area contributed by atoms with Crippen molar-refractivity contribution >= 4 is 46.6 Å². The third-order valence-corrected chi connectivity index (χ3v) is 6.12. The monoisotopic (exact) mass is 464 g/mol. The minimum atomic E-state index is -0.446. The fourth-order valence-electron chi connectivity index (χ4n) is 3.27. The number of imide groups is 1. The van der Waals surface area contributed by atoms with E-state index >= 15 is 0 Å². The molecular formula is C25H21ClN2O3S. The summed E-state index contributed by atoms with van der Waals surface area (Å²) >= 11 is 7.37. The number of anilines is 2. The standard InChI is InChI=1S/C25H21ClN2O3S/c1-3-31-21-10-5-4-9-20(21)27-22-23(32-19-13-11-16(2)12-14-19)25(30)28(24(22)29)18-8-6-7-17(26)15-18/h4-15,27H,3H2,1-2H3. The molecule has 0 aromatic heterocycles. The molecule has 162 valence electrons. The summed E-state index contributed by atoms with van der Waals surface area (Å²) in [5, 5.41) is 3.60. The van der Waals surface area contributed by atoms with E-state index in [4.69, 9.17) is 16.3 Å². The van der Waals surface area contributed by atoms with Crippen LogP contribution in [0.5, 0.6) is 5.75 Å². The zero-order chi connectivity index (χ0) is 22.7. The van der Waals surface area contributed by atoms with E-state index in [1.807, 2.05) is 62.4 Å². The van der Waals surface area contributed by atoms with Crippen LogP contribution in [0.1, 0.15) is 12.5 Å². The van der Waals surface area contributed by atoms with E-state index in [0.29, 0.717) is 33.7 Å². The van der Waals surface area contributed by atoms with E-state index in [-0.39, 0.29) is 5.70 Å². The van der Waals surface area contributed by atoms with Crippen LogP contribution in [0, 0.1) is 6.92 Å². The van der Waals surface area contributed by atoms with Gasteiger partial charge in [0.05, 0.1) is 18.0 Å². The molecule has 1 aliphatic rings. The molecule has 5 nitrogen and oxygen atoms in total. The van der Waals surface area contributed by atoms with Gasteiger partial charge in [0.25, 0.3) is 11.8 Å². The fraction of sp³-hybridized carbons (Fsp3) is 0.120. The number of carbonyl (C=O) groups is 2. The van der Waals surface area contributed by atoms with Crippen LogP contribution >= 0.6 is 23.4 Å². The molecule has 3 aromatic rings. The number of thioether (sulfide) groups is 1. The number of nitrogens with zero attached hydrogens (tertiary/aromatic N) is 1. The summed E-state index contributed by atoms with van der Waals surface area (Å²) in [6, 6.07) is 21.8. The molecule has 32 heavy (non-hydrogen) atoms. The smallest absolute Gasteiger partial charge is 0.283 e. The molecule has 0 aliphatic carbocycles. The molecule has 3 aromatic carbocycles. The van der Waals surface area contributed by atoms with Crippen LogP contribution in [0.2, 0.25) is 5.02 Å². The van der Waals surface area contributed by atoms with Gasteiger partial charge in [-0.2, -0.15) is 0 Å². The van der Waals surface area contributed by atoms with Crippen molar-refractivity contribution in [2.24, 2.45) is 0 Å². The van der Waals surface area contributed by atoms with Gasteiger partial charge in [-0.05, 0) is 56.3 Å². The van der Waals surface area contributed by atoms with Gasteiger partial charge in [0, 0.05) is 9.92 Å². The number of nitrogens with one attached hydrogen (secondary N) is 1. The summed E-state index contributed by atoms with van der Waals surface area (Å²) in [4.78, 5) is 29.2. The largest absolute Gasteiger partial charge is 0.492 e. The number of amides is 2. The van der Waals surface area contributed by atoms with Crippen LogP contribution in [0.25, 0.3) is 0 Å². The van der Waals surface area contributed by atoms with E-state index in [0.717, 1.165) is 15.4 Å². The van der Waals surface area contributed by atoms with E-state index in [1.165, 1.54) is 11.8 Å². The maximum atomic E-state index is 13.4. The second kappa shape index (κ2) is 9.51. The summed E-state index contributed by atoms with van der Waals surface area (Å²) in [6.07, 6.45) is 0. The molecule has 4 rings (SSSR count). The first-order valence-corrected chi connectivity index (χ1v) is 11.3. The molecular weight excluding hydrogens is 444 g/mol. The molecule has 1 heterocycles. The zero-order valence-corrected chi connectivity index (χ0v) is 19.2. The highest BCUT2D eigenvalue weighted by atomic mass is 35.5. The lowest BCUT2D eigenvalue weighted by atomic mass is 10.2. The number of halogens is 1. The molecule has 7 heteroatoms. The minimum absolute atomic E-state index is 0.202. The molecule has 1 aliphatic heterocycles. The SMILES string of the molecule is CCOc1ccccc1NC1=C(Sc2ccc(C)cc2)C(=O)N(c2cccc(Cl)c2)C1=O. The Morgan fingerprint density at radius 3 is 2.44 bits per heavy atom. The average molecular weight is 465 g/mol. The molecule has 0 radical (unpaired) electrons. The van der Waals surface area contributed by atoms with Crippen LogP contribution in [-0.2, 0) is 9.59 Å². The molecule has 0 saturated carbocycles. The van der Waals surface area contributed by atoms with Gasteiger partial charge in [-0.1, -0.05) is 59.3 Å². The third kappa shape index (κ3) is 4.52. The molecule has 0 spiro atoms. The van der Waals surface area contributed by atoms with E-state index in [2.05, 4.69) is 5.32 Å². The lowest BCUT2D eigenvalue weighted by Gasteiger charge is -2.16. The van der Waals surface area contributed by atoms with Gasteiger partial charge in [-0.15, -0.1) is 0 Å². The minimum Gasteiger partial charge on any atom is -0.492 e. The Morgan fingerprint density at radius 1 is 0.969 bits per heavy atom. The first-order valence-electron chi connectivity index (χ1n) is 10.1. The quantitative estimate of drug-likeness (QED) is 0.432. The number of aryl methyl sites for hydroxylation is 1. The first kappa shape index (κ1) is 22.0. The fourth-order valence-corrected chi connectivity index (χ4v) is 4.39. The van der Waals surface area contributed by atoms with Crippen molar-refractivity contribution in [3.63, 3.8) is 0 Å². The number of carbonyl (C=O) groups excluding carboxylic acids is 2. The second-order valence-corrected chi connectivity index (χ2v) is 8.62. The summed E-state index contributed by atoms with van der Waals surface area (Å²) in [6.45, 7) is 4.36. The zero-order valence-electron chi connectivity index (χ0n) is 17.6. The Bertz CT molecular complexity index is 1210. The van der Waals surface area contributed by atoms with E-state index < -0.39 is 11.8 Å². The van der Waals surface area contributed by atoms with Crippen LogP contribution in [0.15, 0.2) is 88.3 Å². The summed E-state index contributed by atoms with van der Waals surface area (Å²) in [7, 11) is 0. The Morgan fingerprint density at radius 2 is 1.72 bits per heavy atom. The molecule has 0 atom stereocenters. The van der Waals surface area contributed by atoms with E-state index in [9.17, 15) is 9.59 Å². The number of ether oxygens (including phenoxy) is 1. The van der Waals surface area contributed by atoms with Crippen LogP contribution in [0.3, 0.4) is 0 Å². The highest BCUT2D eigenvalue weighted by Gasteiger charge is 2.40. The number of rotatable bonds is 7. The van der Waals surface area contributed by atoms with Gasteiger partial charge in [0.2, 0.25) is 0 Å². The van der Waals surface area contributed by atoms with Gasteiger partial charge < -0.3 is 10.1 Å². The van der Waals surface area contributed by atoms with Crippen molar-refractivity contribution in [1.82, 2.24) is 0 Å². The van der Waals surface area contributed by atoms with Crippen molar-refractivity contribution in [2.45, 2.75) is 18.7 Å².